The average molecular weight is 211 g/mol. The molecule has 0 saturated carbocycles. The Balaban J connectivity index is 1.82. The molecule has 0 spiro atoms. The van der Waals surface area contributed by atoms with E-state index >= 15 is 0 Å². The largest absolute Gasteiger partial charge is 0.351 e. The van der Waals surface area contributed by atoms with Crippen molar-refractivity contribution in [3.63, 3.8) is 0 Å². The van der Waals surface area contributed by atoms with Gasteiger partial charge in [-0.3, -0.25) is 4.79 Å². The van der Waals surface area contributed by atoms with Gasteiger partial charge in [0.15, 0.2) is 0 Å². The summed E-state index contributed by atoms with van der Waals surface area (Å²) in [5, 5.41) is 6.00. The summed E-state index contributed by atoms with van der Waals surface area (Å²) in [6.45, 7) is 4.20. The van der Waals surface area contributed by atoms with Gasteiger partial charge in [-0.1, -0.05) is 0 Å². The van der Waals surface area contributed by atoms with Crippen molar-refractivity contribution in [2.24, 2.45) is 5.92 Å². The summed E-state index contributed by atoms with van der Waals surface area (Å²) in [4.78, 5) is 16.7. The molecule has 0 aromatic carbocycles. The van der Waals surface area contributed by atoms with Crippen molar-refractivity contribution in [1.82, 2.24) is 15.6 Å². The second kappa shape index (κ2) is 4.06. The topological polar surface area (TPSA) is 54.0 Å². The van der Waals surface area contributed by atoms with Crippen LogP contribution in [-0.4, -0.2) is 24.0 Å². The van der Waals surface area contributed by atoms with Crippen molar-refractivity contribution in [2.75, 3.05) is 13.1 Å². The smallest absolute Gasteiger partial charge is 0.225 e. The maximum atomic E-state index is 11.5. The van der Waals surface area contributed by atoms with Crippen LogP contribution < -0.4 is 10.6 Å². The molecular formula is C9H13N3OS. The molecule has 5 heteroatoms. The number of carbonyl (C=O) groups excluding carboxylic acids is 1. The molecule has 2 N–H and O–H groups in total. The average Bonchev–Trinajstić information content (AvgIpc) is 2.44. The Hall–Kier alpha value is -0.940. The molecule has 0 radical (unpaired) electrons. The van der Waals surface area contributed by atoms with Gasteiger partial charge >= 0.3 is 0 Å². The van der Waals surface area contributed by atoms with E-state index in [-0.39, 0.29) is 11.8 Å². The van der Waals surface area contributed by atoms with E-state index in [1.807, 2.05) is 12.4 Å². The number of thiazole rings is 1. The van der Waals surface area contributed by atoms with Crippen LogP contribution in [0.5, 0.6) is 0 Å². The van der Waals surface area contributed by atoms with Gasteiger partial charge in [0.1, 0.15) is 0 Å². The molecule has 14 heavy (non-hydrogen) atoms. The first-order valence-corrected chi connectivity index (χ1v) is 5.52. The second-order valence-electron chi connectivity index (χ2n) is 3.43. The molecule has 0 unspecified atom stereocenters. The summed E-state index contributed by atoms with van der Waals surface area (Å²) in [6, 6.07) is 0. The summed E-state index contributed by atoms with van der Waals surface area (Å²) < 4.78 is 0. The summed E-state index contributed by atoms with van der Waals surface area (Å²) >= 11 is 1.59. The number of hydrogen-bond acceptors (Lipinski definition) is 4. The van der Waals surface area contributed by atoms with Gasteiger partial charge in [0.2, 0.25) is 5.91 Å². The van der Waals surface area contributed by atoms with E-state index in [2.05, 4.69) is 15.6 Å². The summed E-state index contributed by atoms with van der Waals surface area (Å²) in [5.74, 6) is 0.319. The predicted octanol–water partition coefficient (Wildman–Crippen LogP) is 0.287. The normalized spacial score (nSPS) is 16.4. The van der Waals surface area contributed by atoms with Crippen molar-refractivity contribution in [2.45, 2.75) is 13.5 Å². The molecule has 2 rings (SSSR count). The predicted molar refractivity (Wildman–Crippen MR) is 55.1 cm³/mol. The van der Waals surface area contributed by atoms with Crippen LogP contribution in [0.2, 0.25) is 0 Å². The van der Waals surface area contributed by atoms with E-state index in [9.17, 15) is 4.79 Å². The third-order valence-electron chi connectivity index (χ3n) is 2.42. The van der Waals surface area contributed by atoms with Gasteiger partial charge in [-0.25, -0.2) is 4.98 Å². The van der Waals surface area contributed by atoms with Crippen LogP contribution in [0.3, 0.4) is 0 Å². The van der Waals surface area contributed by atoms with E-state index in [1.54, 1.807) is 11.3 Å². The first kappa shape index (κ1) is 9.61. The van der Waals surface area contributed by atoms with E-state index < -0.39 is 0 Å². The van der Waals surface area contributed by atoms with Crippen LogP contribution in [0, 0.1) is 12.8 Å². The molecule has 1 saturated heterocycles. The van der Waals surface area contributed by atoms with E-state index in [0.29, 0.717) is 6.54 Å². The summed E-state index contributed by atoms with van der Waals surface area (Å²) in [6.07, 6.45) is 0. The minimum atomic E-state index is 0.150. The van der Waals surface area contributed by atoms with Crippen LogP contribution >= 0.6 is 11.3 Å². The highest BCUT2D eigenvalue weighted by molar-refractivity contribution is 7.09. The molecule has 0 aliphatic carbocycles. The molecule has 4 nitrogen and oxygen atoms in total. The van der Waals surface area contributed by atoms with Gasteiger partial charge in [0.05, 0.1) is 23.7 Å². The maximum Gasteiger partial charge on any atom is 0.225 e. The summed E-state index contributed by atoms with van der Waals surface area (Å²) in [5.41, 5.74) is 2.82. The molecule has 1 aromatic heterocycles. The Labute approximate surface area is 86.7 Å². The Kier molecular flexibility index (Phi) is 2.79. The molecule has 0 bridgehead atoms. The van der Waals surface area contributed by atoms with Crippen molar-refractivity contribution >= 4 is 17.2 Å². The Morgan fingerprint density at radius 1 is 1.79 bits per heavy atom. The van der Waals surface area contributed by atoms with Crippen molar-refractivity contribution in [1.29, 1.82) is 0 Å². The van der Waals surface area contributed by atoms with Gasteiger partial charge in [-0.15, -0.1) is 11.3 Å². The van der Waals surface area contributed by atoms with Gasteiger partial charge in [-0.05, 0) is 6.92 Å². The Morgan fingerprint density at radius 2 is 2.57 bits per heavy atom. The zero-order valence-electron chi connectivity index (χ0n) is 8.04. The first-order valence-electron chi connectivity index (χ1n) is 4.65. The molecular weight excluding hydrogens is 198 g/mol. The Bertz CT molecular complexity index is 333. The lowest BCUT2D eigenvalue weighted by atomic mass is 10.0. The van der Waals surface area contributed by atoms with Crippen molar-refractivity contribution < 1.29 is 4.79 Å². The van der Waals surface area contributed by atoms with Crippen LogP contribution in [-0.2, 0) is 11.3 Å². The van der Waals surface area contributed by atoms with Crippen LogP contribution in [0.1, 0.15) is 10.6 Å². The third-order valence-corrected chi connectivity index (χ3v) is 3.36. The number of carbonyl (C=O) groups is 1. The number of amides is 1. The van der Waals surface area contributed by atoms with E-state index in [0.717, 1.165) is 23.7 Å². The SMILES string of the molecule is Cc1ncsc1CNC(=O)C1CNC1. The van der Waals surface area contributed by atoms with Gasteiger partial charge in [0.25, 0.3) is 0 Å². The molecule has 1 aliphatic rings. The van der Waals surface area contributed by atoms with Gasteiger partial charge in [0, 0.05) is 18.0 Å². The zero-order valence-corrected chi connectivity index (χ0v) is 8.86. The van der Waals surface area contributed by atoms with Gasteiger partial charge < -0.3 is 10.6 Å². The highest BCUT2D eigenvalue weighted by Crippen LogP contribution is 2.12. The number of aryl methyl sites for hydroxylation is 1. The quantitative estimate of drug-likeness (QED) is 0.755. The minimum Gasteiger partial charge on any atom is -0.351 e. The number of nitrogens with zero attached hydrogens (tertiary/aromatic N) is 1. The van der Waals surface area contributed by atoms with Crippen LogP contribution in [0.4, 0.5) is 0 Å². The number of aromatic nitrogens is 1. The van der Waals surface area contributed by atoms with Gasteiger partial charge in [-0.2, -0.15) is 0 Å². The second-order valence-corrected chi connectivity index (χ2v) is 4.37. The van der Waals surface area contributed by atoms with Crippen LogP contribution in [0.15, 0.2) is 5.51 Å². The molecule has 2 heterocycles. The monoisotopic (exact) mass is 211 g/mol. The standard InChI is InChI=1S/C9H13N3OS/c1-6-8(14-5-12-6)4-11-9(13)7-2-10-3-7/h5,7,10H,2-4H2,1H3,(H,11,13). The van der Waals surface area contributed by atoms with E-state index in [1.165, 1.54) is 0 Å². The van der Waals surface area contributed by atoms with E-state index in [4.69, 9.17) is 0 Å². The fraction of sp³-hybridized carbons (Fsp3) is 0.556. The molecule has 1 amide bonds. The molecule has 0 atom stereocenters. The fourth-order valence-electron chi connectivity index (χ4n) is 1.28. The molecule has 76 valence electrons. The third kappa shape index (κ3) is 1.93. The maximum absolute atomic E-state index is 11.5. The lowest BCUT2D eigenvalue weighted by molar-refractivity contribution is -0.126. The minimum absolute atomic E-state index is 0.150. The fourth-order valence-corrected chi connectivity index (χ4v) is 2.00. The number of rotatable bonds is 3. The number of nitrogens with one attached hydrogen (secondary N) is 2. The lowest BCUT2D eigenvalue weighted by Gasteiger charge is -2.25. The van der Waals surface area contributed by atoms with Crippen LogP contribution in [0.25, 0.3) is 0 Å². The first-order chi connectivity index (χ1) is 6.77. The highest BCUT2D eigenvalue weighted by Gasteiger charge is 2.24. The Morgan fingerprint density at radius 3 is 3.07 bits per heavy atom. The zero-order chi connectivity index (χ0) is 9.97. The molecule has 1 fully saturated rings. The molecule has 1 aromatic rings. The lowest BCUT2D eigenvalue weighted by Crippen LogP contribution is -2.50. The molecule has 1 aliphatic heterocycles. The van der Waals surface area contributed by atoms with Crippen molar-refractivity contribution in [3.8, 4) is 0 Å². The number of hydrogen-bond donors (Lipinski definition) is 2. The highest BCUT2D eigenvalue weighted by atomic mass is 32.1. The summed E-state index contributed by atoms with van der Waals surface area (Å²) in [7, 11) is 0. The van der Waals surface area contributed by atoms with Crippen molar-refractivity contribution in [3.05, 3.63) is 16.1 Å².